The van der Waals surface area contributed by atoms with E-state index in [0.717, 1.165) is 5.57 Å². The maximum Gasteiger partial charge on any atom is 0.354 e. The molecule has 0 radical (unpaired) electrons. The zero-order chi connectivity index (χ0) is 9.84. The Bertz CT molecular complexity index is 289. The van der Waals surface area contributed by atoms with Crippen LogP contribution in [0.2, 0.25) is 0 Å². The lowest BCUT2D eigenvalue weighted by molar-refractivity contribution is -0.137. The van der Waals surface area contributed by atoms with Gasteiger partial charge in [-0.1, -0.05) is 18.7 Å². The lowest BCUT2D eigenvalue weighted by Gasteiger charge is -2.24. The van der Waals surface area contributed by atoms with Crippen molar-refractivity contribution in [3.63, 3.8) is 0 Å². The molecule has 0 atom stereocenters. The van der Waals surface area contributed by atoms with Crippen LogP contribution in [0.1, 0.15) is 6.92 Å². The largest absolute Gasteiger partial charge is 0.464 e. The Labute approximate surface area is 78.0 Å². The molecule has 0 N–H and O–H groups in total. The molecule has 1 heterocycles. The molecule has 0 saturated carbocycles. The Hall–Kier alpha value is -1.51. The summed E-state index contributed by atoms with van der Waals surface area (Å²) in [7, 11) is 1.38. The third kappa shape index (κ3) is 1.80. The summed E-state index contributed by atoms with van der Waals surface area (Å²) in [4.78, 5) is 13.1. The Balaban J connectivity index is 3.03. The van der Waals surface area contributed by atoms with Gasteiger partial charge in [-0.15, -0.1) is 0 Å². The fraction of sp³-hybridized carbons (Fsp3) is 0.300. The molecule has 0 aromatic heterocycles. The van der Waals surface area contributed by atoms with Crippen LogP contribution < -0.4 is 0 Å². The van der Waals surface area contributed by atoms with Crippen LogP contribution in [-0.4, -0.2) is 24.5 Å². The van der Waals surface area contributed by atoms with Crippen LogP contribution in [0.4, 0.5) is 0 Å². The Kier molecular flexibility index (Phi) is 2.90. The number of hydrogen-bond donors (Lipinski definition) is 0. The summed E-state index contributed by atoms with van der Waals surface area (Å²) in [6.45, 7) is 6.18. The number of carbonyl (C=O) groups excluding carboxylic acids is 1. The SMILES string of the molecule is C=CN1CC=CC(C)=C1C(=O)OC. The summed E-state index contributed by atoms with van der Waals surface area (Å²) >= 11 is 0. The van der Waals surface area contributed by atoms with E-state index in [1.54, 1.807) is 11.1 Å². The van der Waals surface area contributed by atoms with Crippen LogP contribution in [0.3, 0.4) is 0 Å². The third-order valence-electron chi connectivity index (χ3n) is 1.93. The quantitative estimate of drug-likeness (QED) is 0.601. The average Bonchev–Trinajstić information content (AvgIpc) is 2.16. The molecule has 0 aromatic carbocycles. The molecule has 1 aliphatic rings. The molecule has 0 saturated heterocycles. The van der Waals surface area contributed by atoms with E-state index in [2.05, 4.69) is 11.3 Å². The van der Waals surface area contributed by atoms with E-state index in [1.165, 1.54) is 7.11 Å². The summed E-state index contributed by atoms with van der Waals surface area (Å²) in [5, 5.41) is 0. The first-order valence-corrected chi connectivity index (χ1v) is 4.05. The second-order valence-corrected chi connectivity index (χ2v) is 2.76. The minimum Gasteiger partial charge on any atom is -0.464 e. The highest BCUT2D eigenvalue weighted by Crippen LogP contribution is 2.17. The highest BCUT2D eigenvalue weighted by Gasteiger charge is 2.19. The molecule has 1 rings (SSSR count). The smallest absolute Gasteiger partial charge is 0.354 e. The van der Waals surface area contributed by atoms with E-state index in [4.69, 9.17) is 0 Å². The van der Waals surface area contributed by atoms with Gasteiger partial charge in [0.25, 0.3) is 0 Å². The van der Waals surface area contributed by atoms with Gasteiger partial charge >= 0.3 is 5.97 Å². The van der Waals surface area contributed by atoms with E-state index >= 15 is 0 Å². The first-order valence-electron chi connectivity index (χ1n) is 4.05. The minimum absolute atomic E-state index is 0.318. The number of nitrogens with zero attached hydrogens (tertiary/aromatic N) is 1. The van der Waals surface area contributed by atoms with Gasteiger partial charge in [0.15, 0.2) is 0 Å². The maximum absolute atomic E-state index is 11.3. The van der Waals surface area contributed by atoms with Gasteiger partial charge in [0.1, 0.15) is 5.70 Å². The van der Waals surface area contributed by atoms with Gasteiger partial charge in [-0.2, -0.15) is 0 Å². The molecule has 0 aliphatic carbocycles. The van der Waals surface area contributed by atoms with Crippen molar-refractivity contribution >= 4 is 5.97 Å². The van der Waals surface area contributed by atoms with Crippen molar-refractivity contribution < 1.29 is 9.53 Å². The van der Waals surface area contributed by atoms with Crippen molar-refractivity contribution in [3.8, 4) is 0 Å². The van der Waals surface area contributed by atoms with Crippen molar-refractivity contribution in [2.45, 2.75) is 6.92 Å². The molecule has 13 heavy (non-hydrogen) atoms. The van der Waals surface area contributed by atoms with Gasteiger partial charge in [-0.3, -0.25) is 0 Å². The number of allylic oxidation sites excluding steroid dienone is 2. The number of carbonyl (C=O) groups is 1. The molecule has 0 fully saturated rings. The zero-order valence-electron chi connectivity index (χ0n) is 7.91. The van der Waals surface area contributed by atoms with Crippen molar-refractivity contribution in [2.24, 2.45) is 0 Å². The van der Waals surface area contributed by atoms with Crippen molar-refractivity contribution in [2.75, 3.05) is 13.7 Å². The Morgan fingerprint density at radius 2 is 2.46 bits per heavy atom. The minimum atomic E-state index is -0.318. The predicted molar refractivity (Wildman–Crippen MR) is 50.8 cm³/mol. The number of rotatable bonds is 2. The van der Waals surface area contributed by atoms with Crippen LogP contribution >= 0.6 is 0 Å². The van der Waals surface area contributed by atoms with Crippen LogP contribution in [0.25, 0.3) is 0 Å². The lowest BCUT2D eigenvalue weighted by Crippen LogP contribution is -2.26. The highest BCUT2D eigenvalue weighted by molar-refractivity contribution is 5.89. The molecule has 0 bridgehead atoms. The maximum atomic E-state index is 11.3. The monoisotopic (exact) mass is 179 g/mol. The predicted octanol–water partition coefficient (Wildman–Crippen LogP) is 1.45. The van der Waals surface area contributed by atoms with Crippen molar-refractivity contribution in [3.05, 3.63) is 36.2 Å². The summed E-state index contributed by atoms with van der Waals surface area (Å²) < 4.78 is 4.67. The van der Waals surface area contributed by atoms with Crippen LogP contribution in [0, 0.1) is 0 Å². The molecule has 0 amide bonds. The molecular formula is C10H13NO2. The normalized spacial score (nSPS) is 16.0. The average molecular weight is 179 g/mol. The van der Waals surface area contributed by atoms with Gasteiger partial charge in [-0.05, 0) is 18.7 Å². The van der Waals surface area contributed by atoms with E-state index < -0.39 is 0 Å². The summed E-state index contributed by atoms with van der Waals surface area (Å²) in [5.41, 5.74) is 1.47. The van der Waals surface area contributed by atoms with E-state index in [0.29, 0.717) is 12.2 Å². The van der Waals surface area contributed by atoms with Crippen LogP contribution in [0.5, 0.6) is 0 Å². The molecule has 1 aliphatic heterocycles. The van der Waals surface area contributed by atoms with Gasteiger partial charge in [0, 0.05) is 6.54 Å². The Morgan fingerprint density at radius 3 is 3.00 bits per heavy atom. The van der Waals surface area contributed by atoms with Gasteiger partial charge in [0.2, 0.25) is 0 Å². The van der Waals surface area contributed by atoms with Crippen molar-refractivity contribution in [1.82, 2.24) is 4.90 Å². The van der Waals surface area contributed by atoms with Crippen molar-refractivity contribution in [1.29, 1.82) is 0 Å². The molecule has 3 heteroatoms. The fourth-order valence-corrected chi connectivity index (χ4v) is 1.28. The van der Waals surface area contributed by atoms with Gasteiger partial charge < -0.3 is 9.64 Å². The first kappa shape index (κ1) is 9.58. The molecule has 3 nitrogen and oxygen atoms in total. The molecule has 70 valence electrons. The summed E-state index contributed by atoms with van der Waals surface area (Å²) in [6.07, 6.45) is 5.51. The highest BCUT2D eigenvalue weighted by atomic mass is 16.5. The lowest BCUT2D eigenvalue weighted by atomic mass is 10.1. The van der Waals surface area contributed by atoms with E-state index in [9.17, 15) is 4.79 Å². The number of hydrogen-bond acceptors (Lipinski definition) is 3. The number of ether oxygens (including phenoxy) is 1. The zero-order valence-corrected chi connectivity index (χ0v) is 7.91. The standard InChI is InChI=1S/C10H13NO2/c1-4-11-7-5-6-8(2)9(11)10(12)13-3/h4-6H,1,7H2,2-3H3. The molecular weight excluding hydrogens is 166 g/mol. The van der Waals surface area contributed by atoms with Crippen LogP contribution in [0.15, 0.2) is 36.2 Å². The molecule has 0 unspecified atom stereocenters. The fourth-order valence-electron chi connectivity index (χ4n) is 1.28. The van der Waals surface area contributed by atoms with E-state index in [1.807, 2.05) is 19.1 Å². The van der Waals surface area contributed by atoms with Gasteiger partial charge in [-0.25, -0.2) is 4.79 Å². The summed E-state index contributed by atoms with van der Waals surface area (Å²) in [6, 6.07) is 0. The Morgan fingerprint density at radius 1 is 1.77 bits per heavy atom. The topological polar surface area (TPSA) is 29.5 Å². The van der Waals surface area contributed by atoms with Gasteiger partial charge in [0.05, 0.1) is 7.11 Å². The number of esters is 1. The second-order valence-electron chi connectivity index (χ2n) is 2.76. The summed E-state index contributed by atoms with van der Waals surface area (Å²) in [5.74, 6) is -0.318. The third-order valence-corrected chi connectivity index (χ3v) is 1.93. The van der Waals surface area contributed by atoms with E-state index in [-0.39, 0.29) is 5.97 Å². The molecule has 0 spiro atoms. The molecule has 0 aromatic rings. The van der Waals surface area contributed by atoms with Crippen LogP contribution in [-0.2, 0) is 9.53 Å². The first-order chi connectivity index (χ1) is 6.20. The second kappa shape index (κ2) is 3.94. The number of methoxy groups -OCH3 is 1.